The van der Waals surface area contributed by atoms with E-state index >= 15 is 0 Å². The highest BCUT2D eigenvalue weighted by atomic mass is 14.5. The van der Waals surface area contributed by atoms with E-state index in [1.807, 2.05) is 55.4 Å². The molecule has 0 aromatic heterocycles. The summed E-state index contributed by atoms with van der Waals surface area (Å²) in [4.78, 5) is 0. The fourth-order valence-electron chi connectivity index (χ4n) is 6.02. The van der Waals surface area contributed by atoms with E-state index in [1.165, 1.54) is 63.4 Å². The van der Waals surface area contributed by atoms with Gasteiger partial charge in [0, 0.05) is 5.41 Å². The van der Waals surface area contributed by atoms with E-state index in [-0.39, 0.29) is 20.3 Å². The van der Waals surface area contributed by atoms with Crippen molar-refractivity contribution < 1.29 is 0 Å². The van der Waals surface area contributed by atoms with Gasteiger partial charge in [0.2, 0.25) is 0 Å². The Morgan fingerprint density at radius 3 is 1.33 bits per heavy atom. The fraction of sp³-hybridized carbons (Fsp3) is 0.522. The van der Waals surface area contributed by atoms with Crippen LogP contribution in [0.5, 0.6) is 0 Å². The maximum absolute atomic E-state index is 2.45. The molecule has 0 fully saturated rings. The van der Waals surface area contributed by atoms with Gasteiger partial charge in [-0.1, -0.05) is 230 Å². The second-order valence-electron chi connectivity index (χ2n) is 10.3. The van der Waals surface area contributed by atoms with E-state index in [0.717, 1.165) is 0 Å². The molecule has 0 radical (unpaired) electrons. The van der Waals surface area contributed by atoms with E-state index in [2.05, 4.69) is 140 Å². The normalized spacial score (nSPS) is 16.3. The van der Waals surface area contributed by atoms with Crippen molar-refractivity contribution in [3.8, 4) is 11.1 Å². The molecule has 1 unspecified atom stereocenters. The topological polar surface area (TPSA) is 0 Å². The smallest absolute Gasteiger partial charge is 0.0497 e. The molecule has 0 saturated carbocycles. The molecular weight excluding hydrogens is 553 g/mol. The summed E-state index contributed by atoms with van der Waals surface area (Å²) < 4.78 is 0. The second-order valence-corrected chi connectivity index (χ2v) is 10.3. The minimum absolute atomic E-state index is 0. The number of hydrogen-bond acceptors (Lipinski definition) is 0. The van der Waals surface area contributed by atoms with Gasteiger partial charge < -0.3 is 0 Å². The molecule has 2 aliphatic rings. The van der Waals surface area contributed by atoms with Crippen molar-refractivity contribution in [3.05, 3.63) is 107 Å². The molecule has 6 rings (SSSR count). The predicted molar refractivity (Wildman–Crippen MR) is 220 cm³/mol. The van der Waals surface area contributed by atoms with E-state index in [9.17, 15) is 0 Å². The van der Waals surface area contributed by atoms with Gasteiger partial charge in [0.15, 0.2) is 0 Å². The molecule has 0 heteroatoms. The van der Waals surface area contributed by atoms with Gasteiger partial charge in [-0.3, -0.25) is 0 Å². The van der Waals surface area contributed by atoms with Crippen molar-refractivity contribution in [2.75, 3.05) is 0 Å². The quantitative estimate of drug-likeness (QED) is 0.181. The van der Waals surface area contributed by atoms with E-state index in [0.29, 0.717) is 11.8 Å². The van der Waals surface area contributed by atoms with Crippen LogP contribution in [0.2, 0.25) is 0 Å². The van der Waals surface area contributed by atoms with Crippen LogP contribution in [0.15, 0.2) is 84.9 Å². The number of rotatable bonds is 0. The van der Waals surface area contributed by atoms with Gasteiger partial charge in [-0.05, 0) is 56.0 Å². The SMILES string of the molecule is C.C.CC.CC.CC.CC.CCC.CCC.CCC.C[C@@H]1c2ccccc2C2(c3ccccc3-c3cccc4cccc2c34)[C@@H]1C. The molecule has 2 aliphatic carbocycles. The average molecular weight is 631 g/mol. The molecule has 0 amide bonds. The van der Waals surface area contributed by atoms with Gasteiger partial charge in [0.25, 0.3) is 0 Å². The maximum atomic E-state index is 2.45. The zero-order valence-corrected chi connectivity index (χ0v) is 31.9. The Balaban J connectivity index is -0.000000402. The number of hydrogen-bond donors (Lipinski definition) is 0. The highest BCUT2D eigenvalue weighted by Crippen LogP contribution is 2.62. The Morgan fingerprint density at radius 2 is 0.826 bits per heavy atom. The fourth-order valence-corrected chi connectivity index (χ4v) is 6.02. The van der Waals surface area contributed by atoms with Crippen molar-refractivity contribution in [2.24, 2.45) is 5.92 Å². The standard InChI is InChI=1S/C27H22.3C3H8.4C2H6.2CH4/c1-17-18(2)27(23-14-5-3-11-20(17)23)24-15-6-4-12-21(24)22-13-7-9-19-10-8-16-25(27)26(19)22;3*1-3-2;4*1-2;;/h3-18H,1-2H3;3*3H2,1-2H3;4*1-2H3;2*1H4/t17-,18+,27?;;;;;;;;;/m0........./s1. The van der Waals surface area contributed by atoms with Gasteiger partial charge in [0.1, 0.15) is 0 Å². The molecule has 0 nitrogen and oxygen atoms in total. The van der Waals surface area contributed by atoms with E-state index in [4.69, 9.17) is 0 Å². The van der Waals surface area contributed by atoms with Crippen LogP contribution in [-0.2, 0) is 5.41 Å². The molecule has 0 aliphatic heterocycles. The lowest BCUT2D eigenvalue weighted by molar-refractivity contribution is 0.396. The molecule has 0 heterocycles. The number of benzene rings is 4. The van der Waals surface area contributed by atoms with Crippen LogP contribution in [0.3, 0.4) is 0 Å². The molecule has 0 saturated heterocycles. The monoisotopic (exact) mass is 631 g/mol. The first-order valence-corrected chi connectivity index (χ1v) is 18.2. The maximum Gasteiger partial charge on any atom is 0.0497 e. The van der Waals surface area contributed by atoms with Crippen LogP contribution in [0.4, 0.5) is 0 Å². The Labute approximate surface area is 290 Å². The molecule has 1 spiro atoms. The number of fused-ring (bicyclic) bond motifs is 6. The lowest BCUT2D eigenvalue weighted by atomic mass is 9.59. The highest BCUT2D eigenvalue weighted by Gasteiger charge is 2.53. The van der Waals surface area contributed by atoms with Crippen molar-refractivity contribution in [3.63, 3.8) is 0 Å². The summed E-state index contributed by atoms with van der Waals surface area (Å²) in [5, 5.41) is 2.79. The molecule has 46 heavy (non-hydrogen) atoms. The van der Waals surface area contributed by atoms with Crippen molar-refractivity contribution in [2.45, 2.75) is 156 Å². The lowest BCUT2D eigenvalue weighted by Crippen LogP contribution is -2.36. The summed E-state index contributed by atoms with van der Waals surface area (Å²) in [5.41, 5.74) is 8.68. The first-order valence-electron chi connectivity index (χ1n) is 18.2. The van der Waals surface area contributed by atoms with Crippen molar-refractivity contribution in [1.82, 2.24) is 0 Å². The largest absolute Gasteiger partial charge is 0.0776 e. The van der Waals surface area contributed by atoms with Crippen molar-refractivity contribution >= 4 is 10.8 Å². The molecule has 0 bridgehead atoms. The zero-order chi connectivity index (χ0) is 34.3. The van der Waals surface area contributed by atoms with Gasteiger partial charge >= 0.3 is 0 Å². The average Bonchev–Trinajstić information content (AvgIpc) is 3.31. The van der Waals surface area contributed by atoms with Gasteiger partial charge in [-0.25, -0.2) is 0 Å². The van der Waals surface area contributed by atoms with Crippen LogP contribution in [0.1, 0.15) is 173 Å². The highest BCUT2D eigenvalue weighted by molar-refractivity contribution is 6.04. The molecular formula is C46H78. The summed E-state index contributed by atoms with van der Waals surface area (Å²) in [5.74, 6) is 1.05. The Morgan fingerprint density at radius 1 is 0.457 bits per heavy atom. The van der Waals surface area contributed by atoms with Crippen molar-refractivity contribution in [1.29, 1.82) is 0 Å². The van der Waals surface area contributed by atoms with Crippen LogP contribution in [0, 0.1) is 5.92 Å². The summed E-state index contributed by atoms with van der Waals surface area (Å²) in [6, 6.07) is 31.9. The second kappa shape index (κ2) is 28.4. The third-order valence-electron chi connectivity index (χ3n) is 7.28. The Kier molecular flexibility index (Phi) is 30.8. The van der Waals surface area contributed by atoms with E-state index in [1.54, 1.807) is 0 Å². The van der Waals surface area contributed by atoms with Crippen LogP contribution in [0.25, 0.3) is 21.9 Å². The van der Waals surface area contributed by atoms with Gasteiger partial charge in [-0.15, -0.1) is 0 Å². The predicted octanol–water partition coefficient (Wildman–Crippen LogP) is 16.5. The Hall–Kier alpha value is -2.86. The van der Waals surface area contributed by atoms with Gasteiger partial charge in [-0.2, -0.15) is 0 Å². The lowest BCUT2D eigenvalue weighted by Gasteiger charge is -2.43. The van der Waals surface area contributed by atoms with Gasteiger partial charge in [0.05, 0.1) is 0 Å². The molecule has 3 atom stereocenters. The molecule has 262 valence electrons. The molecule has 4 aromatic rings. The minimum Gasteiger partial charge on any atom is -0.0776 e. The summed E-state index contributed by atoms with van der Waals surface area (Å²) in [7, 11) is 0. The minimum atomic E-state index is -0.0690. The first-order chi connectivity index (χ1) is 21.5. The molecule has 0 N–H and O–H groups in total. The third-order valence-corrected chi connectivity index (χ3v) is 7.28. The van der Waals surface area contributed by atoms with E-state index < -0.39 is 0 Å². The van der Waals surface area contributed by atoms with Crippen LogP contribution >= 0.6 is 0 Å². The first kappa shape index (κ1) is 50.0. The summed E-state index contributed by atoms with van der Waals surface area (Å²) in [6.45, 7) is 33.6. The zero-order valence-electron chi connectivity index (χ0n) is 31.9. The summed E-state index contributed by atoms with van der Waals surface area (Å²) >= 11 is 0. The van der Waals surface area contributed by atoms with Crippen LogP contribution in [-0.4, -0.2) is 0 Å². The molecule has 4 aromatic carbocycles. The Bertz CT molecular complexity index is 1250. The third kappa shape index (κ3) is 10.6. The van der Waals surface area contributed by atoms with Crippen LogP contribution < -0.4 is 0 Å². The summed E-state index contributed by atoms with van der Waals surface area (Å²) in [6.07, 6.45) is 3.75.